The van der Waals surface area contributed by atoms with E-state index in [1.54, 1.807) is 19.1 Å². The van der Waals surface area contributed by atoms with E-state index in [2.05, 4.69) is 10.3 Å². The van der Waals surface area contributed by atoms with Gasteiger partial charge in [0.2, 0.25) is 5.91 Å². The van der Waals surface area contributed by atoms with Gasteiger partial charge in [-0.2, -0.15) is 0 Å². The third kappa shape index (κ3) is 3.53. The van der Waals surface area contributed by atoms with Crippen molar-refractivity contribution in [3.8, 4) is 11.7 Å². The second-order valence-corrected chi connectivity index (χ2v) is 5.03. The molecule has 2 rings (SSSR count). The first-order valence-corrected chi connectivity index (χ1v) is 6.52. The van der Waals surface area contributed by atoms with Gasteiger partial charge in [-0.3, -0.25) is 4.79 Å². The van der Waals surface area contributed by atoms with Gasteiger partial charge in [0.15, 0.2) is 11.4 Å². The van der Waals surface area contributed by atoms with Crippen molar-refractivity contribution in [2.75, 3.05) is 6.54 Å². The van der Waals surface area contributed by atoms with E-state index in [1.165, 1.54) is 6.26 Å². The lowest BCUT2D eigenvalue weighted by Crippen LogP contribution is -2.46. The normalized spacial score (nSPS) is 13.6. The van der Waals surface area contributed by atoms with Crippen LogP contribution in [0.25, 0.3) is 11.7 Å². The number of aryl methyl sites for hydroxylation is 1. The Hall–Kier alpha value is -2.61. The third-order valence-electron chi connectivity index (χ3n) is 3.04. The van der Waals surface area contributed by atoms with Crippen molar-refractivity contribution in [3.05, 3.63) is 29.9 Å². The number of nitrogens with zero attached hydrogens (tertiary/aromatic N) is 1. The van der Waals surface area contributed by atoms with Crippen molar-refractivity contribution in [1.29, 1.82) is 0 Å². The average molecular weight is 308 g/mol. The van der Waals surface area contributed by atoms with Gasteiger partial charge in [-0.15, -0.1) is 0 Å². The van der Waals surface area contributed by atoms with E-state index < -0.39 is 24.0 Å². The largest absolute Gasteiger partial charge is 0.479 e. The minimum atomic E-state index is -2.02. The van der Waals surface area contributed by atoms with Gasteiger partial charge in [-0.1, -0.05) is 0 Å². The predicted octanol–water partition coefficient (Wildman–Crippen LogP) is 0.737. The van der Waals surface area contributed by atoms with Crippen molar-refractivity contribution in [2.24, 2.45) is 0 Å². The molecule has 0 spiro atoms. The molecule has 8 nitrogen and oxygen atoms in total. The molecule has 0 saturated heterocycles. The fourth-order valence-corrected chi connectivity index (χ4v) is 1.66. The van der Waals surface area contributed by atoms with Gasteiger partial charge < -0.3 is 24.4 Å². The monoisotopic (exact) mass is 308 g/mol. The van der Waals surface area contributed by atoms with E-state index in [9.17, 15) is 14.7 Å². The molecule has 8 heteroatoms. The van der Waals surface area contributed by atoms with Crippen LogP contribution in [0.3, 0.4) is 0 Å². The molecule has 0 aliphatic carbocycles. The highest BCUT2D eigenvalue weighted by atomic mass is 16.4. The third-order valence-corrected chi connectivity index (χ3v) is 3.04. The Balaban J connectivity index is 1.99. The van der Waals surface area contributed by atoms with Crippen LogP contribution in [0.5, 0.6) is 0 Å². The number of oxazole rings is 1. The Morgan fingerprint density at radius 3 is 2.77 bits per heavy atom. The SMILES string of the molecule is Cc1oc(-c2ccco2)nc1CC(=O)NCC(C)(O)C(=O)O. The molecule has 2 heterocycles. The van der Waals surface area contributed by atoms with E-state index in [4.69, 9.17) is 13.9 Å². The quantitative estimate of drug-likeness (QED) is 0.718. The molecular formula is C14H16N2O6. The molecule has 0 fully saturated rings. The topological polar surface area (TPSA) is 126 Å². The van der Waals surface area contributed by atoms with Gasteiger partial charge >= 0.3 is 5.97 Å². The van der Waals surface area contributed by atoms with Crippen LogP contribution in [0.2, 0.25) is 0 Å². The zero-order valence-electron chi connectivity index (χ0n) is 12.1. The maximum Gasteiger partial charge on any atom is 0.337 e. The van der Waals surface area contributed by atoms with Crippen molar-refractivity contribution >= 4 is 11.9 Å². The van der Waals surface area contributed by atoms with Crippen LogP contribution in [-0.2, 0) is 16.0 Å². The summed E-state index contributed by atoms with van der Waals surface area (Å²) in [5.41, 5.74) is -1.60. The first kappa shape index (κ1) is 15.8. The Bertz CT molecular complexity index is 672. The van der Waals surface area contributed by atoms with Crippen molar-refractivity contribution in [1.82, 2.24) is 10.3 Å². The Morgan fingerprint density at radius 2 is 2.18 bits per heavy atom. The van der Waals surface area contributed by atoms with E-state index in [0.29, 0.717) is 17.2 Å². The second-order valence-electron chi connectivity index (χ2n) is 5.03. The van der Waals surface area contributed by atoms with E-state index in [-0.39, 0.29) is 12.3 Å². The molecule has 0 bridgehead atoms. The lowest BCUT2D eigenvalue weighted by molar-refractivity contribution is -0.156. The smallest absolute Gasteiger partial charge is 0.337 e. The summed E-state index contributed by atoms with van der Waals surface area (Å²) in [4.78, 5) is 26.7. The molecule has 0 aromatic carbocycles. The molecule has 0 aliphatic heterocycles. The number of aromatic nitrogens is 1. The predicted molar refractivity (Wildman–Crippen MR) is 73.9 cm³/mol. The van der Waals surface area contributed by atoms with Crippen LogP contribution in [0.15, 0.2) is 27.2 Å². The highest BCUT2D eigenvalue weighted by molar-refractivity contribution is 5.81. The number of hydrogen-bond donors (Lipinski definition) is 3. The number of furan rings is 1. The number of nitrogens with one attached hydrogen (secondary N) is 1. The molecule has 3 N–H and O–H groups in total. The Labute approximate surface area is 125 Å². The summed E-state index contributed by atoms with van der Waals surface area (Å²) in [7, 11) is 0. The minimum absolute atomic E-state index is 0.0915. The molecule has 22 heavy (non-hydrogen) atoms. The lowest BCUT2D eigenvalue weighted by Gasteiger charge is -2.17. The molecular weight excluding hydrogens is 292 g/mol. The fraction of sp³-hybridized carbons (Fsp3) is 0.357. The van der Waals surface area contributed by atoms with Crippen molar-refractivity contribution < 1.29 is 28.6 Å². The highest BCUT2D eigenvalue weighted by Gasteiger charge is 2.30. The summed E-state index contributed by atoms with van der Waals surface area (Å²) in [5, 5.41) is 20.6. The Kier molecular flexibility index (Phi) is 4.32. The summed E-state index contributed by atoms with van der Waals surface area (Å²) in [5.74, 6) is -0.701. The summed E-state index contributed by atoms with van der Waals surface area (Å²) >= 11 is 0. The number of carboxylic acids is 1. The first-order valence-electron chi connectivity index (χ1n) is 6.52. The summed E-state index contributed by atoms with van der Waals surface area (Å²) in [6, 6.07) is 3.37. The van der Waals surface area contributed by atoms with Gasteiger partial charge in [0, 0.05) is 0 Å². The minimum Gasteiger partial charge on any atom is -0.479 e. The molecule has 2 aromatic rings. The number of carbonyl (C=O) groups excluding carboxylic acids is 1. The van der Waals surface area contributed by atoms with Crippen LogP contribution < -0.4 is 5.32 Å². The zero-order valence-corrected chi connectivity index (χ0v) is 12.1. The van der Waals surface area contributed by atoms with Crippen molar-refractivity contribution in [2.45, 2.75) is 25.9 Å². The number of rotatable bonds is 6. The number of carbonyl (C=O) groups is 2. The number of carboxylic acid groups (broad SMARTS) is 1. The fourth-order valence-electron chi connectivity index (χ4n) is 1.66. The van der Waals surface area contributed by atoms with Crippen LogP contribution >= 0.6 is 0 Å². The molecule has 2 aromatic heterocycles. The molecule has 0 radical (unpaired) electrons. The van der Waals surface area contributed by atoms with Gasteiger partial charge in [-0.25, -0.2) is 9.78 Å². The molecule has 1 atom stereocenters. The van der Waals surface area contributed by atoms with Gasteiger partial charge in [0.1, 0.15) is 5.76 Å². The summed E-state index contributed by atoms with van der Waals surface area (Å²) < 4.78 is 10.6. The van der Waals surface area contributed by atoms with E-state index >= 15 is 0 Å². The number of aliphatic carboxylic acids is 1. The lowest BCUT2D eigenvalue weighted by atomic mass is 10.1. The first-order chi connectivity index (χ1) is 10.3. The van der Waals surface area contributed by atoms with Crippen LogP contribution in [0.1, 0.15) is 18.4 Å². The van der Waals surface area contributed by atoms with Gasteiger partial charge in [0.05, 0.1) is 24.9 Å². The molecule has 118 valence electrons. The standard InChI is InChI=1S/C14H16N2O6/c1-8-9(16-12(22-8)10-4-3-5-21-10)6-11(17)15-7-14(2,20)13(18)19/h3-5,20H,6-7H2,1-2H3,(H,15,17)(H,18,19). The molecule has 0 aliphatic rings. The zero-order chi connectivity index (χ0) is 16.3. The number of hydrogen-bond acceptors (Lipinski definition) is 6. The highest BCUT2D eigenvalue weighted by Crippen LogP contribution is 2.22. The molecule has 0 saturated carbocycles. The number of aliphatic hydroxyl groups is 1. The summed E-state index contributed by atoms with van der Waals surface area (Å²) in [6.07, 6.45) is 1.39. The maximum atomic E-state index is 11.8. The molecule has 1 amide bonds. The molecule has 1 unspecified atom stereocenters. The van der Waals surface area contributed by atoms with E-state index in [1.807, 2.05) is 0 Å². The maximum absolute atomic E-state index is 11.8. The van der Waals surface area contributed by atoms with Crippen LogP contribution in [-0.4, -0.2) is 39.2 Å². The van der Waals surface area contributed by atoms with E-state index in [0.717, 1.165) is 6.92 Å². The second kappa shape index (κ2) is 6.02. The Morgan fingerprint density at radius 1 is 1.45 bits per heavy atom. The average Bonchev–Trinajstić information content (AvgIpc) is 3.07. The van der Waals surface area contributed by atoms with Crippen LogP contribution in [0, 0.1) is 6.92 Å². The van der Waals surface area contributed by atoms with Gasteiger partial charge in [-0.05, 0) is 26.0 Å². The summed E-state index contributed by atoms with van der Waals surface area (Å²) in [6.45, 7) is 2.37. The van der Waals surface area contributed by atoms with Crippen molar-refractivity contribution in [3.63, 3.8) is 0 Å². The van der Waals surface area contributed by atoms with Gasteiger partial charge in [0.25, 0.3) is 5.89 Å². The number of amides is 1. The van der Waals surface area contributed by atoms with Crippen LogP contribution in [0.4, 0.5) is 0 Å².